The Morgan fingerprint density at radius 3 is 2.41 bits per heavy atom. The Labute approximate surface area is 134 Å². The molecule has 0 spiro atoms. The molecular formula is C19H29NO2. The molecule has 1 N–H and O–H groups in total. The first-order valence-corrected chi connectivity index (χ1v) is 8.44. The molecule has 0 bridgehead atoms. The molecule has 1 amide bonds. The number of rotatable bonds is 4. The van der Waals surface area contributed by atoms with Crippen molar-refractivity contribution >= 4 is 6.09 Å². The van der Waals surface area contributed by atoms with E-state index in [0.717, 1.165) is 5.56 Å². The fourth-order valence-corrected chi connectivity index (χ4v) is 3.40. The molecule has 1 atom stereocenters. The summed E-state index contributed by atoms with van der Waals surface area (Å²) in [4.78, 5) is 12.2. The zero-order valence-corrected chi connectivity index (χ0v) is 14.1. The van der Waals surface area contributed by atoms with Crippen molar-refractivity contribution in [3.05, 3.63) is 35.9 Å². The molecule has 2 rings (SSSR count). The van der Waals surface area contributed by atoms with Crippen molar-refractivity contribution in [3.63, 3.8) is 0 Å². The van der Waals surface area contributed by atoms with Crippen LogP contribution in [-0.4, -0.2) is 12.1 Å². The summed E-state index contributed by atoms with van der Waals surface area (Å²) in [6.07, 6.45) is 6.00. The van der Waals surface area contributed by atoms with Crippen molar-refractivity contribution in [1.29, 1.82) is 0 Å². The summed E-state index contributed by atoms with van der Waals surface area (Å²) in [6.45, 7) is 6.92. The monoisotopic (exact) mass is 303 g/mol. The molecule has 0 saturated heterocycles. The van der Waals surface area contributed by atoms with E-state index in [9.17, 15) is 4.79 Å². The number of carbonyl (C=O) groups excluding carboxylic acids is 1. The topological polar surface area (TPSA) is 38.3 Å². The Balaban J connectivity index is 1.90. The van der Waals surface area contributed by atoms with Crippen LogP contribution >= 0.6 is 0 Å². The summed E-state index contributed by atoms with van der Waals surface area (Å²) in [7, 11) is 0. The number of carbonyl (C=O) groups is 1. The lowest BCUT2D eigenvalue weighted by atomic mass is 9.73. The van der Waals surface area contributed by atoms with Gasteiger partial charge >= 0.3 is 6.09 Å². The quantitative estimate of drug-likeness (QED) is 0.858. The van der Waals surface area contributed by atoms with Crippen LogP contribution < -0.4 is 5.32 Å². The number of hydrogen-bond donors (Lipinski definition) is 1. The van der Waals surface area contributed by atoms with Crippen molar-refractivity contribution in [2.45, 2.75) is 65.5 Å². The van der Waals surface area contributed by atoms with E-state index in [2.05, 4.69) is 26.1 Å². The average molecular weight is 303 g/mol. The maximum Gasteiger partial charge on any atom is 0.407 e. The van der Waals surface area contributed by atoms with Crippen LogP contribution in [0.5, 0.6) is 0 Å². The van der Waals surface area contributed by atoms with E-state index < -0.39 is 0 Å². The number of alkyl carbamates (subject to hydrolysis) is 1. The Hall–Kier alpha value is -1.51. The zero-order chi connectivity index (χ0) is 16.0. The van der Waals surface area contributed by atoms with Gasteiger partial charge in [-0.2, -0.15) is 0 Å². The van der Waals surface area contributed by atoms with Gasteiger partial charge < -0.3 is 10.1 Å². The minimum absolute atomic E-state index is 0.0494. The standard InChI is InChI=1S/C19H29NO2/c1-19(2,3)17(16-12-8-5-9-13-16)20-18(21)22-14-15-10-6-4-7-11-15/h4,6-7,10-11,16-17H,5,8-9,12-14H2,1-3H3,(H,20,21)/t17-/m1/s1. The molecule has 1 aliphatic rings. The minimum atomic E-state index is -0.297. The van der Waals surface area contributed by atoms with Gasteiger partial charge in [-0.1, -0.05) is 70.4 Å². The third-order valence-corrected chi connectivity index (χ3v) is 4.54. The Morgan fingerprint density at radius 2 is 1.82 bits per heavy atom. The summed E-state index contributed by atoms with van der Waals surface area (Å²) in [6, 6.07) is 9.98. The second-order valence-electron chi connectivity index (χ2n) is 7.45. The molecule has 3 heteroatoms. The summed E-state index contributed by atoms with van der Waals surface area (Å²) in [5.41, 5.74) is 1.07. The van der Waals surface area contributed by atoms with Crippen LogP contribution in [0, 0.1) is 11.3 Å². The molecule has 3 nitrogen and oxygen atoms in total. The number of amides is 1. The highest BCUT2D eigenvalue weighted by Crippen LogP contribution is 2.34. The van der Waals surface area contributed by atoms with Gasteiger partial charge in [-0.05, 0) is 29.7 Å². The van der Waals surface area contributed by atoms with Gasteiger partial charge in [0.25, 0.3) is 0 Å². The fourth-order valence-electron chi connectivity index (χ4n) is 3.40. The van der Waals surface area contributed by atoms with E-state index >= 15 is 0 Å². The summed E-state index contributed by atoms with van der Waals surface area (Å²) < 4.78 is 5.39. The molecule has 0 aromatic heterocycles. The molecule has 1 aromatic rings. The Kier molecular flexibility index (Phi) is 5.87. The van der Waals surface area contributed by atoms with Gasteiger partial charge in [-0.3, -0.25) is 0 Å². The lowest BCUT2D eigenvalue weighted by Crippen LogP contribution is -2.49. The van der Waals surface area contributed by atoms with E-state index in [-0.39, 0.29) is 17.6 Å². The van der Waals surface area contributed by atoms with Crippen molar-refractivity contribution in [2.24, 2.45) is 11.3 Å². The number of nitrogens with one attached hydrogen (secondary N) is 1. The fraction of sp³-hybridized carbons (Fsp3) is 0.632. The Morgan fingerprint density at radius 1 is 1.18 bits per heavy atom. The zero-order valence-electron chi connectivity index (χ0n) is 14.1. The molecule has 0 unspecified atom stereocenters. The predicted octanol–water partition coefficient (Wildman–Crippen LogP) is 4.91. The van der Waals surface area contributed by atoms with Gasteiger partial charge in [0, 0.05) is 6.04 Å². The van der Waals surface area contributed by atoms with Crippen molar-refractivity contribution in [3.8, 4) is 0 Å². The molecule has 1 aromatic carbocycles. The van der Waals surface area contributed by atoms with Crippen LogP contribution in [0.25, 0.3) is 0 Å². The molecule has 1 saturated carbocycles. The highest BCUT2D eigenvalue weighted by molar-refractivity contribution is 5.67. The van der Waals surface area contributed by atoms with Gasteiger partial charge in [-0.25, -0.2) is 4.79 Å². The molecule has 1 fully saturated rings. The second kappa shape index (κ2) is 7.66. The van der Waals surface area contributed by atoms with Crippen molar-refractivity contribution < 1.29 is 9.53 Å². The normalized spacial score (nSPS) is 17.8. The van der Waals surface area contributed by atoms with E-state index in [1.165, 1.54) is 32.1 Å². The molecular weight excluding hydrogens is 274 g/mol. The number of hydrogen-bond acceptors (Lipinski definition) is 2. The van der Waals surface area contributed by atoms with E-state index in [1.807, 2.05) is 30.3 Å². The molecule has 1 aliphatic carbocycles. The minimum Gasteiger partial charge on any atom is -0.445 e. The van der Waals surface area contributed by atoms with Crippen molar-refractivity contribution in [2.75, 3.05) is 0 Å². The first kappa shape index (κ1) is 16.9. The summed E-state index contributed by atoms with van der Waals surface area (Å²) >= 11 is 0. The third-order valence-electron chi connectivity index (χ3n) is 4.54. The summed E-state index contributed by atoms with van der Waals surface area (Å²) in [5, 5.41) is 3.14. The van der Waals surface area contributed by atoms with Gasteiger partial charge in [0.05, 0.1) is 0 Å². The maximum atomic E-state index is 12.2. The molecule has 122 valence electrons. The van der Waals surface area contributed by atoms with E-state index in [1.54, 1.807) is 0 Å². The maximum absolute atomic E-state index is 12.2. The van der Waals surface area contributed by atoms with E-state index in [4.69, 9.17) is 4.74 Å². The van der Waals surface area contributed by atoms with Crippen LogP contribution in [-0.2, 0) is 11.3 Å². The molecule has 0 radical (unpaired) electrons. The van der Waals surface area contributed by atoms with Gasteiger partial charge in [0.1, 0.15) is 6.61 Å². The van der Waals surface area contributed by atoms with E-state index in [0.29, 0.717) is 12.5 Å². The molecule has 0 heterocycles. The Bertz CT molecular complexity index is 458. The first-order chi connectivity index (χ1) is 10.5. The number of benzene rings is 1. The summed E-state index contributed by atoms with van der Waals surface area (Å²) in [5.74, 6) is 0.568. The highest BCUT2D eigenvalue weighted by atomic mass is 16.5. The van der Waals surface area contributed by atoms with Gasteiger partial charge in [0.2, 0.25) is 0 Å². The van der Waals surface area contributed by atoms with Crippen LogP contribution in [0.2, 0.25) is 0 Å². The second-order valence-corrected chi connectivity index (χ2v) is 7.45. The third kappa shape index (κ3) is 5.04. The molecule has 22 heavy (non-hydrogen) atoms. The van der Waals surface area contributed by atoms with Crippen LogP contribution in [0.15, 0.2) is 30.3 Å². The number of ether oxygens (including phenoxy) is 1. The lowest BCUT2D eigenvalue weighted by Gasteiger charge is -2.39. The smallest absolute Gasteiger partial charge is 0.407 e. The van der Waals surface area contributed by atoms with Crippen LogP contribution in [0.4, 0.5) is 4.79 Å². The van der Waals surface area contributed by atoms with Gasteiger partial charge in [0.15, 0.2) is 0 Å². The predicted molar refractivity (Wildman–Crippen MR) is 89.6 cm³/mol. The average Bonchev–Trinajstić information content (AvgIpc) is 2.51. The SMILES string of the molecule is CC(C)(C)[C@H](NC(=O)OCc1ccccc1)C1CCCCC1. The molecule has 0 aliphatic heterocycles. The van der Waals surface area contributed by atoms with Crippen LogP contribution in [0.1, 0.15) is 58.4 Å². The largest absolute Gasteiger partial charge is 0.445 e. The lowest BCUT2D eigenvalue weighted by molar-refractivity contribution is 0.106. The highest BCUT2D eigenvalue weighted by Gasteiger charge is 2.34. The first-order valence-electron chi connectivity index (χ1n) is 8.44. The van der Waals surface area contributed by atoms with Crippen molar-refractivity contribution in [1.82, 2.24) is 5.32 Å². The van der Waals surface area contributed by atoms with Crippen LogP contribution in [0.3, 0.4) is 0 Å². The van der Waals surface area contributed by atoms with Gasteiger partial charge in [-0.15, -0.1) is 0 Å².